The summed E-state index contributed by atoms with van der Waals surface area (Å²) in [5.74, 6) is 2.33. The van der Waals surface area contributed by atoms with Crippen LogP contribution in [0.5, 0.6) is 23.3 Å². The zero-order chi connectivity index (χ0) is 20.1. The fourth-order valence-electron chi connectivity index (χ4n) is 3.45. The topological polar surface area (TPSA) is 104 Å². The number of methoxy groups -OCH3 is 1. The number of nitrogens with one attached hydrogen (secondary N) is 2. The van der Waals surface area contributed by atoms with Gasteiger partial charge in [0, 0.05) is 12.6 Å². The van der Waals surface area contributed by atoms with Crippen LogP contribution in [0.4, 0.5) is 4.79 Å². The monoisotopic (exact) mass is 400 g/mol. The summed E-state index contributed by atoms with van der Waals surface area (Å²) in [5, 5.41) is 5.93. The summed E-state index contributed by atoms with van der Waals surface area (Å²) in [4.78, 5) is 20.5. The SMILES string of the molecule is COc1cncc(OC2CCC(NC(=O)NCc3ccc4c(c3)OCO4)CC2)n1. The molecule has 1 aliphatic heterocycles. The van der Waals surface area contributed by atoms with Gasteiger partial charge in [-0.3, -0.25) is 4.98 Å². The van der Waals surface area contributed by atoms with Crippen LogP contribution < -0.4 is 29.6 Å². The highest BCUT2D eigenvalue weighted by molar-refractivity contribution is 5.74. The summed E-state index contributed by atoms with van der Waals surface area (Å²) in [7, 11) is 1.54. The third-order valence-corrected chi connectivity index (χ3v) is 4.99. The predicted octanol–water partition coefficient (Wildman–Crippen LogP) is 2.40. The first-order valence-electron chi connectivity index (χ1n) is 9.65. The van der Waals surface area contributed by atoms with Crippen LogP contribution in [0.1, 0.15) is 31.2 Å². The Labute approximate surface area is 168 Å². The van der Waals surface area contributed by atoms with E-state index in [1.807, 2.05) is 18.2 Å². The Balaban J connectivity index is 1.18. The molecule has 1 saturated carbocycles. The van der Waals surface area contributed by atoms with Crippen molar-refractivity contribution in [2.45, 2.75) is 44.4 Å². The molecule has 2 aliphatic rings. The van der Waals surface area contributed by atoms with Crippen LogP contribution in [0.2, 0.25) is 0 Å². The highest BCUT2D eigenvalue weighted by atomic mass is 16.7. The average Bonchev–Trinajstić information content (AvgIpc) is 3.22. The summed E-state index contributed by atoms with van der Waals surface area (Å²) < 4.78 is 21.6. The minimum atomic E-state index is -0.175. The van der Waals surface area contributed by atoms with Crippen molar-refractivity contribution in [1.29, 1.82) is 0 Å². The van der Waals surface area contributed by atoms with E-state index in [0.717, 1.165) is 37.0 Å². The van der Waals surface area contributed by atoms with Gasteiger partial charge < -0.3 is 29.6 Å². The molecule has 2 N–H and O–H groups in total. The van der Waals surface area contributed by atoms with Crippen molar-refractivity contribution < 1.29 is 23.7 Å². The van der Waals surface area contributed by atoms with E-state index in [0.29, 0.717) is 24.1 Å². The van der Waals surface area contributed by atoms with Crippen LogP contribution in [0.15, 0.2) is 30.6 Å². The first-order valence-corrected chi connectivity index (χ1v) is 9.65. The molecule has 1 aromatic heterocycles. The lowest BCUT2D eigenvalue weighted by molar-refractivity contribution is 0.133. The quantitative estimate of drug-likeness (QED) is 0.767. The van der Waals surface area contributed by atoms with E-state index < -0.39 is 0 Å². The Morgan fingerprint density at radius 1 is 1.14 bits per heavy atom. The van der Waals surface area contributed by atoms with Gasteiger partial charge in [-0.15, -0.1) is 0 Å². The Kier molecular flexibility index (Phi) is 5.83. The molecule has 0 spiro atoms. The molecule has 9 nitrogen and oxygen atoms in total. The van der Waals surface area contributed by atoms with Crippen molar-refractivity contribution >= 4 is 6.03 Å². The molecule has 2 amide bonds. The van der Waals surface area contributed by atoms with Crippen molar-refractivity contribution in [1.82, 2.24) is 20.6 Å². The maximum absolute atomic E-state index is 12.2. The number of nitrogens with zero attached hydrogens (tertiary/aromatic N) is 2. The molecule has 2 heterocycles. The molecule has 0 atom stereocenters. The summed E-state index contributed by atoms with van der Waals surface area (Å²) >= 11 is 0. The fraction of sp³-hybridized carbons (Fsp3) is 0.450. The van der Waals surface area contributed by atoms with E-state index in [1.54, 1.807) is 13.3 Å². The van der Waals surface area contributed by atoms with Gasteiger partial charge in [0.2, 0.25) is 18.6 Å². The lowest BCUT2D eigenvalue weighted by Gasteiger charge is -2.29. The second-order valence-corrected chi connectivity index (χ2v) is 7.01. The Bertz CT molecular complexity index is 855. The average molecular weight is 400 g/mol. The zero-order valence-electron chi connectivity index (χ0n) is 16.2. The molecule has 29 heavy (non-hydrogen) atoms. The van der Waals surface area contributed by atoms with Crippen LogP contribution in [-0.4, -0.2) is 42.0 Å². The number of amides is 2. The van der Waals surface area contributed by atoms with Gasteiger partial charge in [0.1, 0.15) is 6.10 Å². The Hall–Kier alpha value is -3.23. The van der Waals surface area contributed by atoms with Crippen molar-refractivity contribution in [2.24, 2.45) is 0 Å². The molecule has 154 valence electrons. The third kappa shape index (κ3) is 4.98. The van der Waals surface area contributed by atoms with Crippen LogP contribution in [-0.2, 0) is 6.54 Å². The number of rotatable bonds is 6. The van der Waals surface area contributed by atoms with Crippen molar-refractivity contribution in [3.05, 3.63) is 36.2 Å². The van der Waals surface area contributed by atoms with Crippen LogP contribution in [0.3, 0.4) is 0 Å². The molecule has 2 aromatic rings. The summed E-state index contributed by atoms with van der Waals surface area (Å²) in [6.07, 6.45) is 6.55. The minimum absolute atomic E-state index is 0.0613. The molecule has 1 aromatic carbocycles. The van der Waals surface area contributed by atoms with Crippen LogP contribution in [0, 0.1) is 0 Å². The number of hydrogen-bond acceptors (Lipinski definition) is 7. The maximum Gasteiger partial charge on any atom is 0.315 e. The normalized spacial score (nSPS) is 20.0. The Morgan fingerprint density at radius 2 is 1.93 bits per heavy atom. The number of ether oxygens (including phenoxy) is 4. The molecule has 4 rings (SSSR count). The molecule has 0 bridgehead atoms. The van der Waals surface area contributed by atoms with Gasteiger partial charge in [0.15, 0.2) is 11.5 Å². The molecule has 0 radical (unpaired) electrons. The van der Waals surface area contributed by atoms with Crippen LogP contribution in [0.25, 0.3) is 0 Å². The molecule has 0 saturated heterocycles. The lowest BCUT2D eigenvalue weighted by Crippen LogP contribution is -2.44. The molecule has 1 aliphatic carbocycles. The number of urea groups is 1. The number of fused-ring (bicyclic) bond motifs is 1. The van der Waals surface area contributed by atoms with E-state index in [9.17, 15) is 4.79 Å². The number of aromatic nitrogens is 2. The third-order valence-electron chi connectivity index (χ3n) is 4.99. The highest BCUT2D eigenvalue weighted by Crippen LogP contribution is 2.32. The van der Waals surface area contributed by atoms with E-state index in [4.69, 9.17) is 18.9 Å². The van der Waals surface area contributed by atoms with E-state index in [-0.39, 0.29) is 25.0 Å². The van der Waals surface area contributed by atoms with Gasteiger partial charge in [-0.25, -0.2) is 4.79 Å². The number of hydrogen-bond donors (Lipinski definition) is 2. The molecule has 9 heteroatoms. The standard InChI is InChI=1S/C20H24N4O5/c1-26-18-10-21-11-19(24-18)29-15-5-3-14(4-6-15)23-20(25)22-9-13-2-7-16-17(8-13)28-12-27-16/h2,7-8,10-11,14-15H,3-6,9,12H2,1H3,(H2,22,23,25). The van der Waals surface area contributed by atoms with Crippen LogP contribution >= 0.6 is 0 Å². The van der Waals surface area contributed by atoms with Crippen molar-refractivity contribution in [3.63, 3.8) is 0 Å². The molecule has 1 fully saturated rings. The molecular formula is C20H24N4O5. The fourth-order valence-corrected chi connectivity index (χ4v) is 3.45. The summed E-state index contributed by atoms with van der Waals surface area (Å²) in [6, 6.07) is 5.60. The second-order valence-electron chi connectivity index (χ2n) is 7.01. The zero-order valence-corrected chi connectivity index (χ0v) is 16.2. The molecular weight excluding hydrogens is 376 g/mol. The van der Waals surface area contributed by atoms with Gasteiger partial charge >= 0.3 is 6.03 Å². The minimum Gasteiger partial charge on any atom is -0.480 e. The highest BCUT2D eigenvalue weighted by Gasteiger charge is 2.24. The van der Waals surface area contributed by atoms with Crippen molar-refractivity contribution in [2.75, 3.05) is 13.9 Å². The number of carbonyl (C=O) groups is 1. The van der Waals surface area contributed by atoms with E-state index in [2.05, 4.69) is 20.6 Å². The van der Waals surface area contributed by atoms with Crippen molar-refractivity contribution in [3.8, 4) is 23.3 Å². The Morgan fingerprint density at radius 3 is 2.76 bits per heavy atom. The number of benzene rings is 1. The largest absolute Gasteiger partial charge is 0.480 e. The van der Waals surface area contributed by atoms with Gasteiger partial charge in [0.25, 0.3) is 0 Å². The van der Waals surface area contributed by atoms with E-state index in [1.165, 1.54) is 6.20 Å². The summed E-state index contributed by atoms with van der Waals surface area (Å²) in [5.41, 5.74) is 0.959. The molecule has 0 unspecified atom stereocenters. The second kappa shape index (κ2) is 8.85. The smallest absolute Gasteiger partial charge is 0.315 e. The first-order chi connectivity index (χ1) is 14.2. The van der Waals surface area contributed by atoms with Gasteiger partial charge in [0.05, 0.1) is 19.5 Å². The maximum atomic E-state index is 12.2. The van der Waals surface area contributed by atoms with Gasteiger partial charge in [-0.2, -0.15) is 4.98 Å². The summed E-state index contributed by atoms with van der Waals surface area (Å²) in [6.45, 7) is 0.666. The predicted molar refractivity (Wildman–Crippen MR) is 103 cm³/mol. The number of carbonyl (C=O) groups excluding carboxylic acids is 1. The lowest BCUT2D eigenvalue weighted by atomic mass is 9.93. The van der Waals surface area contributed by atoms with E-state index >= 15 is 0 Å². The first kappa shape index (κ1) is 19.1. The van der Waals surface area contributed by atoms with Gasteiger partial charge in [-0.1, -0.05) is 6.07 Å². The van der Waals surface area contributed by atoms with Gasteiger partial charge in [-0.05, 0) is 43.4 Å².